The Morgan fingerprint density at radius 3 is 2.17 bits per heavy atom. The molecule has 0 saturated carbocycles. The monoisotopic (exact) mass is 173 g/mol. The second-order valence-electron chi connectivity index (χ2n) is 3.60. The predicted molar refractivity (Wildman–Crippen MR) is 48.9 cm³/mol. The van der Waals surface area contributed by atoms with E-state index >= 15 is 0 Å². The molecule has 0 amide bonds. The second-order valence-corrected chi connectivity index (χ2v) is 3.60. The summed E-state index contributed by atoms with van der Waals surface area (Å²) in [5.74, 6) is -0.150. The number of carbonyl (C=O) groups is 1. The molecule has 0 bridgehead atoms. The largest absolute Gasteiger partial charge is 0.464 e. The fourth-order valence-electron chi connectivity index (χ4n) is 0.518. The second kappa shape index (κ2) is 5.14. The average molecular weight is 173 g/mol. The number of hydrogen-bond donors (Lipinski definition) is 0. The molecule has 3 heteroatoms. The van der Waals surface area contributed by atoms with Gasteiger partial charge in [-0.15, -0.1) is 0 Å². The van der Waals surface area contributed by atoms with Crippen LogP contribution >= 0.6 is 0 Å². The molecule has 0 aliphatic heterocycles. The fraction of sp³-hybridized carbons (Fsp3) is 0.889. The quantitative estimate of drug-likeness (QED) is 0.597. The molecule has 1 atom stereocenters. The lowest BCUT2D eigenvalue weighted by atomic mass is 10.2. The summed E-state index contributed by atoms with van der Waals surface area (Å²) in [6.45, 7) is 6.17. The molecule has 72 valence electrons. The molecule has 0 heterocycles. The van der Waals surface area contributed by atoms with Crippen molar-refractivity contribution in [2.75, 3.05) is 20.7 Å². The first kappa shape index (κ1) is 11.4. The van der Waals surface area contributed by atoms with Crippen molar-refractivity contribution in [2.24, 2.45) is 5.92 Å². The zero-order valence-electron chi connectivity index (χ0n) is 8.63. The molecule has 0 spiro atoms. The van der Waals surface area contributed by atoms with Crippen LogP contribution < -0.4 is 0 Å². The SMILES string of the molecule is CC(C)C(=O)OC[C@@H](C)N(C)C. The van der Waals surface area contributed by atoms with Gasteiger partial charge in [-0.1, -0.05) is 13.8 Å². The van der Waals surface area contributed by atoms with Crippen molar-refractivity contribution >= 4 is 5.97 Å². The maximum Gasteiger partial charge on any atom is 0.308 e. The Labute approximate surface area is 74.7 Å². The maximum absolute atomic E-state index is 11.0. The Kier molecular flexibility index (Phi) is 4.90. The van der Waals surface area contributed by atoms with Crippen molar-refractivity contribution < 1.29 is 9.53 Å². The van der Waals surface area contributed by atoms with Gasteiger partial charge in [-0.25, -0.2) is 0 Å². The summed E-state index contributed by atoms with van der Waals surface area (Å²) < 4.78 is 5.05. The third-order valence-electron chi connectivity index (χ3n) is 1.82. The molecule has 0 aliphatic rings. The first-order chi connectivity index (χ1) is 5.45. The van der Waals surface area contributed by atoms with Crippen molar-refractivity contribution in [3.63, 3.8) is 0 Å². The van der Waals surface area contributed by atoms with E-state index in [0.717, 1.165) is 0 Å². The van der Waals surface area contributed by atoms with Gasteiger partial charge in [0.25, 0.3) is 0 Å². The summed E-state index contributed by atoms with van der Waals surface area (Å²) in [6.07, 6.45) is 0. The highest BCUT2D eigenvalue weighted by Gasteiger charge is 2.11. The fourth-order valence-corrected chi connectivity index (χ4v) is 0.518. The highest BCUT2D eigenvalue weighted by Crippen LogP contribution is 1.98. The zero-order chi connectivity index (χ0) is 9.72. The van der Waals surface area contributed by atoms with Gasteiger partial charge in [0, 0.05) is 6.04 Å². The van der Waals surface area contributed by atoms with Crippen molar-refractivity contribution in [3.8, 4) is 0 Å². The molecule has 12 heavy (non-hydrogen) atoms. The van der Waals surface area contributed by atoms with Gasteiger partial charge in [-0.3, -0.25) is 4.79 Å². The first-order valence-corrected chi connectivity index (χ1v) is 4.28. The van der Waals surface area contributed by atoms with Crippen LogP contribution in [-0.4, -0.2) is 37.6 Å². The predicted octanol–water partition coefficient (Wildman–Crippen LogP) is 1.14. The lowest BCUT2D eigenvalue weighted by Crippen LogP contribution is -2.31. The standard InChI is InChI=1S/C9H19NO2/c1-7(2)9(11)12-6-8(3)10(4)5/h7-8H,6H2,1-5H3/t8-/m1/s1. The summed E-state index contributed by atoms with van der Waals surface area (Å²) in [5, 5.41) is 0. The van der Waals surface area contributed by atoms with Crippen LogP contribution in [0, 0.1) is 5.92 Å². The Morgan fingerprint density at radius 1 is 1.33 bits per heavy atom. The number of ether oxygens (including phenoxy) is 1. The van der Waals surface area contributed by atoms with E-state index in [1.807, 2.05) is 39.8 Å². The Bertz CT molecular complexity index is 143. The van der Waals surface area contributed by atoms with E-state index in [1.54, 1.807) is 0 Å². The van der Waals surface area contributed by atoms with Gasteiger partial charge in [-0.05, 0) is 21.0 Å². The van der Waals surface area contributed by atoms with Crippen LogP contribution in [0.1, 0.15) is 20.8 Å². The maximum atomic E-state index is 11.0. The summed E-state index contributed by atoms with van der Waals surface area (Å²) in [7, 11) is 3.93. The highest BCUT2D eigenvalue weighted by atomic mass is 16.5. The molecule has 0 saturated heterocycles. The Morgan fingerprint density at radius 2 is 1.83 bits per heavy atom. The molecule has 0 aromatic carbocycles. The normalized spacial score (nSPS) is 13.6. The minimum Gasteiger partial charge on any atom is -0.464 e. The molecule has 3 nitrogen and oxygen atoms in total. The van der Waals surface area contributed by atoms with E-state index in [4.69, 9.17) is 4.74 Å². The number of esters is 1. The van der Waals surface area contributed by atoms with Crippen LogP contribution in [0.2, 0.25) is 0 Å². The first-order valence-electron chi connectivity index (χ1n) is 4.28. The zero-order valence-corrected chi connectivity index (χ0v) is 8.63. The minimum absolute atomic E-state index is 0.0284. The molecule has 0 aliphatic carbocycles. The van der Waals surface area contributed by atoms with Gasteiger partial charge >= 0.3 is 5.97 Å². The van der Waals surface area contributed by atoms with Crippen LogP contribution in [0.3, 0.4) is 0 Å². The van der Waals surface area contributed by atoms with E-state index in [2.05, 4.69) is 0 Å². The average Bonchev–Trinajstić information content (AvgIpc) is 1.98. The minimum atomic E-state index is -0.122. The number of hydrogen-bond acceptors (Lipinski definition) is 3. The third-order valence-corrected chi connectivity index (χ3v) is 1.82. The molecule has 0 fully saturated rings. The lowest BCUT2D eigenvalue weighted by Gasteiger charge is -2.19. The van der Waals surface area contributed by atoms with E-state index in [-0.39, 0.29) is 17.9 Å². The highest BCUT2D eigenvalue weighted by molar-refractivity contribution is 5.71. The van der Waals surface area contributed by atoms with Crippen LogP contribution in [0.5, 0.6) is 0 Å². The summed E-state index contributed by atoms with van der Waals surface area (Å²) in [6, 6.07) is 0.285. The van der Waals surface area contributed by atoms with E-state index in [9.17, 15) is 4.79 Å². The van der Waals surface area contributed by atoms with Crippen LogP contribution in [0.4, 0.5) is 0 Å². The van der Waals surface area contributed by atoms with Crippen LogP contribution in [0.15, 0.2) is 0 Å². The number of nitrogens with zero attached hydrogens (tertiary/aromatic N) is 1. The lowest BCUT2D eigenvalue weighted by molar-refractivity contribution is -0.148. The summed E-state index contributed by atoms with van der Waals surface area (Å²) >= 11 is 0. The molecular formula is C9H19NO2. The molecule has 0 aromatic rings. The van der Waals surface area contributed by atoms with Crippen molar-refractivity contribution in [2.45, 2.75) is 26.8 Å². The van der Waals surface area contributed by atoms with E-state index < -0.39 is 0 Å². The van der Waals surface area contributed by atoms with Gasteiger partial charge in [-0.2, -0.15) is 0 Å². The van der Waals surface area contributed by atoms with Gasteiger partial charge in [0.1, 0.15) is 6.61 Å². The van der Waals surface area contributed by atoms with Gasteiger partial charge in [0.05, 0.1) is 5.92 Å². The van der Waals surface area contributed by atoms with E-state index in [0.29, 0.717) is 6.61 Å². The summed E-state index contributed by atoms with van der Waals surface area (Å²) in [5.41, 5.74) is 0. The van der Waals surface area contributed by atoms with E-state index in [1.165, 1.54) is 0 Å². The van der Waals surface area contributed by atoms with Crippen molar-refractivity contribution in [3.05, 3.63) is 0 Å². The Balaban J connectivity index is 3.61. The van der Waals surface area contributed by atoms with Gasteiger partial charge < -0.3 is 9.64 Å². The number of carbonyl (C=O) groups excluding carboxylic acids is 1. The van der Waals surface area contributed by atoms with Crippen LogP contribution in [0.25, 0.3) is 0 Å². The van der Waals surface area contributed by atoms with Gasteiger partial charge in [0.2, 0.25) is 0 Å². The third kappa shape index (κ3) is 4.34. The molecule has 0 aromatic heterocycles. The number of likely N-dealkylation sites (N-methyl/N-ethyl adjacent to an activating group) is 1. The van der Waals surface area contributed by atoms with Crippen molar-refractivity contribution in [1.29, 1.82) is 0 Å². The molecule has 0 unspecified atom stereocenters. The molecule has 0 rings (SSSR count). The molecule has 0 N–H and O–H groups in total. The number of rotatable bonds is 4. The Hall–Kier alpha value is -0.570. The van der Waals surface area contributed by atoms with Crippen molar-refractivity contribution in [1.82, 2.24) is 4.90 Å². The van der Waals surface area contributed by atoms with Gasteiger partial charge in [0.15, 0.2) is 0 Å². The smallest absolute Gasteiger partial charge is 0.308 e. The summed E-state index contributed by atoms with van der Waals surface area (Å²) in [4.78, 5) is 13.1. The topological polar surface area (TPSA) is 29.5 Å². The van der Waals surface area contributed by atoms with Crippen LogP contribution in [-0.2, 0) is 9.53 Å². The molecule has 0 radical (unpaired) electrons. The molecular weight excluding hydrogens is 154 g/mol.